The number of benzene rings is 1. The molecular formula is C13H10N6O3S3. The number of rotatable bonds is 6. The fourth-order valence-electron chi connectivity index (χ4n) is 1.78. The van der Waals surface area contributed by atoms with Crippen molar-refractivity contribution in [2.45, 2.75) is 4.34 Å². The molecule has 3 aromatic rings. The van der Waals surface area contributed by atoms with E-state index in [0.29, 0.717) is 20.3 Å². The minimum Gasteiger partial charge on any atom is -0.374 e. The van der Waals surface area contributed by atoms with Crippen molar-refractivity contribution in [1.29, 1.82) is 0 Å². The van der Waals surface area contributed by atoms with E-state index in [1.165, 1.54) is 46.6 Å². The molecule has 1 aromatic carbocycles. The van der Waals surface area contributed by atoms with E-state index in [9.17, 15) is 14.9 Å². The van der Waals surface area contributed by atoms with Gasteiger partial charge in [-0.2, -0.15) is 0 Å². The molecule has 0 spiro atoms. The summed E-state index contributed by atoms with van der Waals surface area (Å²) in [5.41, 5.74) is 6.87. The number of hydrogen-bond donors (Lipinski definition) is 2. The third kappa shape index (κ3) is 4.49. The predicted octanol–water partition coefficient (Wildman–Crippen LogP) is 2.88. The number of thioether (sulfide) groups is 1. The number of nitrogens with zero attached hydrogens (tertiary/aromatic N) is 4. The van der Waals surface area contributed by atoms with Crippen LogP contribution in [0.4, 0.5) is 16.0 Å². The molecule has 2 heterocycles. The van der Waals surface area contributed by atoms with Crippen LogP contribution in [-0.2, 0) is 4.79 Å². The summed E-state index contributed by atoms with van der Waals surface area (Å²) >= 11 is 3.74. The molecule has 0 saturated carbocycles. The predicted molar refractivity (Wildman–Crippen MR) is 97.9 cm³/mol. The maximum atomic E-state index is 11.9. The topological polar surface area (TPSA) is 137 Å². The molecule has 0 aliphatic rings. The third-order valence-corrected chi connectivity index (χ3v) is 5.52. The molecule has 0 radical (unpaired) electrons. The highest BCUT2D eigenvalue weighted by Crippen LogP contribution is 2.27. The summed E-state index contributed by atoms with van der Waals surface area (Å²) in [6, 6.07) is 6.07. The molecule has 0 atom stereocenters. The molecule has 128 valence electrons. The molecule has 3 rings (SSSR count). The maximum Gasteiger partial charge on any atom is 0.269 e. The van der Waals surface area contributed by atoms with Crippen LogP contribution >= 0.6 is 34.4 Å². The molecule has 0 fully saturated rings. The van der Waals surface area contributed by atoms with Gasteiger partial charge in [-0.05, 0) is 12.1 Å². The molecule has 0 saturated heterocycles. The van der Waals surface area contributed by atoms with E-state index in [1.807, 2.05) is 0 Å². The van der Waals surface area contributed by atoms with Crippen molar-refractivity contribution in [3.8, 4) is 11.3 Å². The van der Waals surface area contributed by atoms with Crippen LogP contribution in [0.5, 0.6) is 0 Å². The first-order valence-corrected chi connectivity index (χ1v) is 9.41. The van der Waals surface area contributed by atoms with Crippen molar-refractivity contribution in [2.24, 2.45) is 0 Å². The smallest absolute Gasteiger partial charge is 0.269 e. The molecule has 25 heavy (non-hydrogen) atoms. The first-order chi connectivity index (χ1) is 12.0. The van der Waals surface area contributed by atoms with Crippen molar-refractivity contribution in [1.82, 2.24) is 15.2 Å². The second-order valence-electron chi connectivity index (χ2n) is 4.58. The Kier molecular flexibility index (Phi) is 5.21. The molecule has 12 heteroatoms. The Balaban J connectivity index is 1.59. The lowest BCUT2D eigenvalue weighted by atomic mass is 10.1. The molecule has 2 aromatic heterocycles. The van der Waals surface area contributed by atoms with Crippen LogP contribution in [-0.4, -0.2) is 31.8 Å². The molecule has 0 unspecified atom stereocenters. The largest absolute Gasteiger partial charge is 0.374 e. The molecule has 9 nitrogen and oxygen atoms in total. The zero-order valence-corrected chi connectivity index (χ0v) is 14.9. The number of nitrogens with two attached hydrogens (primary N) is 1. The molecule has 0 bridgehead atoms. The third-order valence-electron chi connectivity index (χ3n) is 2.87. The van der Waals surface area contributed by atoms with Gasteiger partial charge in [0.2, 0.25) is 11.0 Å². The van der Waals surface area contributed by atoms with E-state index >= 15 is 0 Å². The zero-order valence-electron chi connectivity index (χ0n) is 12.4. The van der Waals surface area contributed by atoms with Crippen molar-refractivity contribution < 1.29 is 9.72 Å². The number of thiazole rings is 1. The Bertz CT molecular complexity index is 908. The van der Waals surface area contributed by atoms with Crippen molar-refractivity contribution in [3.63, 3.8) is 0 Å². The van der Waals surface area contributed by atoms with Gasteiger partial charge in [0, 0.05) is 23.1 Å². The first-order valence-electron chi connectivity index (χ1n) is 6.73. The number of anilines is 2. The number of hydrogen-bond acceptors (Lipinski definition) is 10. The van der Waals surface area contributed by atoms with Crippen LogP contribution in [0.15, 0.2) is 34.0 Å². The van der Waals surface area contributed by atoms with Gasteiger partial charge in [-0.15, -0.1) is 21.5 Å². The van der Waals surface area contributed by atoms with E-state index < -0.39 is 4.92 Å². The molecule has 1 amide bonds. The highest BCUT2D eigenvalue weighted by molar-refractivity contribution is 8.01. The van der Waals surface area contributed by atoms with Crippen LogP contribution in [0.1, 0.15) is 0 Å². The fourth-order valence-corrected chi connectivity index (χ4v) is 3.95. The number of nitro groups is 1. The minimum atomic E-state index is -0.459. The molecular weight excluding hydrogens is 384 g/mol. The van der Waals surface area contributed by atoms with Crippen LogP contribution in [0, 0.1) is 10.1 Å². The van der Waals surface area contributed by atoms with Crippen LogP contribution in [0.2, 0.25) is 0 Å². The van der Waals surface area contributed by atoms with E-state index in [4.69, 9.17) is 5.73 Å². The van der Waals surface area contributed by atoms with Gasteiger partial charge in [0.1, 0.15) is 0 Å². The lowest BCUT2D eigenvalue weighted by Crippen LogP contribution is -2.13. The van der Waals surface area contributed by atoms with Gasteiger partial charge in [0.05, 0.1) is 16.4 Å². The second kappa shape index (κ2) is 7.55. The summed E-state index contributed by atoms with van der Waals surface area (Å²) in [5, 5.41) is 23.5. The van der Waals surface area contributed by atoms with Gasteiger partial charge in [-0.1, -0.05) is 23.1 Å². The molecule has 3 N–H and O–H groups in total. The summed E-state index contributed by atoms with van der Waals surface area (Å²) in [4.78, 5) is 26.5. The number of nitro benzene ring substituents is 1. The average molecular weight is 394 g/mol. The van der Waals surface area contributed by atoms with Crippen LogP contribution in [0.25, 0.3) is 11.3 Å². The number of aromatic nitrogens is 3. The highest BCUT2D eigenvalue weighted by Gasteiger charge is 2.11. The van der Waals surface area contributed by atoms with Gasteiger partial charge in [-0.3, -0.25) is 14.9 Å². The van der Waals surface area contributed by atoms with Gasteiger partial charge in [-0.25, -0.2) is 4.98 Å². The maximum absolute atomic E-state index is 11.9. The number of amides is 1. The summed E-state index contributed by atoms with van der Waals surface area (Å²) in [6.07, 6.45) is 0. The number of non-ortho nitro benzene ring substituents is 1. The second-order valence-corrected chi connectivity index (χ2v) is 7.67. The van der Waals surface area contributed by atoms with Crippen molar-refractivity contribution in [2.75, 3.05) is 16.8 Å². The van der Waals surface area contributed by atoms with Gasteiger partial charge >= 0.3 is 0 Å². The fraction of sp³-hybridized carbons (Fsp3) is 0.0769. The Morgan fingerprint density at radius 2 is 2.08 bits per heavy atom. The summed E-state index contributed by atoms with van der Waals surface area (Å²) in [5.74, 6) is -0.0514. The highest BCUT2D eigenvalue weighted by atomic mass is 32.2. The van der Waals surface area contributed by atoms with E-state index in [0.717, 1.165) is 5.56 Å². The molecule has 0 aliphatic heterocycles. The zero-order chi connectivity index (χ0) is 17.8. The van der Waals surface area contributed by atoms with Gasteiger partial charge < -0.3 is 11.1 Å². The van der Waals surface area contributed by atoms with Crippen molar-refractivity contribution in [3.05, 3.63) is 39.8 Å². The van der Waals surface area contributed by atoms with E-state index in [2.05, 4.69) is 20.5 Å². The first kappa shape index (κ1) is 17.3. The standard InChI is InChI=1S/C13H10N6O3S3/c14-11-17-18-13(25-11)24-6-10(20)16-12-15-9(5-23-12)7-1-3-8(4-2-7)19(21)22/h1-5H,6H2,(H2,14,17)(H,15,16,20). The lowest BCUT2D eigenvalue weighted by molar-refractivity contribution is -0.384. The van der Waals surface area contributed by atoms with Crippen molar-refractivity contribution >= 4 is 56.3 Å². The quantitative estimate of drug-likeness (QED) is 0.370. The Labute approximate surface area is 153 Å². The van der Waals surface area contributed by atoms with E-state index in [1.54, 1.807) is 17.5 Å². The van der Waals surface area contributed by atoms with Gasteiger partial charge in [0.15, 0.2) is 9.47 Å². The van der Waals surface area contributed by atoms with Gasteiger partial charge in [0.25, 0.3) is 5.69 Å². The Morgan fingerprint density at radius 3 is 2.72 bits per heavy atom. The Morgan fingerprint density at radius 1 is 1.32 bits per heavy atom. The number of carbonyl (C=O) groups is 1. The van der Waals surface area contributed by atoms with Crippen LogP contribution < -0.4 is 11.1 Å². The number of carbonyl (C=O) groups excluding carboxylic acids is 1. The summed E-state index contributed by atoms with van der Waals surface area (Å²) in [6.45, 7) is 0. The minimum absolute atomic E-state index is 0.0156. The van der Waals surface area contributed by atoms with E-state index in [-0.39, 0.29) is 17.3 Å². The number of nitrogens with one attached hydrogen (secondary N) is 1. The lowest BCUT2D eigenvalue weighted by Gasteiger charge is -1.99. The summed E-state index contributed by atoms with van der Waals surface area (Å²) in [7, 11) is 0. The number of nitrogen functional groups attached to an aromatic ring is 1. The average Bonchev–Trinajstić information content (AvgIpc) is 3.22. The Hall–Kier alpha value is -2.57. The normalized spacial score (nSPS) is 10.6. The monoisotopic (exact) mass is 394 g/mol. The summed E-state index contributed by atoms with van der Waals surface area (Å²) < 4.78 is 0.623. The molecule has 0 aliphatic carbocycles. The SMILES string of the molecule is Nc1nnc(SCC(=O)Nc2nc(-c3ccc([N+](=O)[O-])cc3)cs2)s1. The van der Waals surface area contributed by atoms with Crippen LogP contribution in [0.3, 0.4) is 0 Å².